The van der Waals surface area contributed by atoms with Gasteiger partial charge >= 0.3 is 0 Å². The molecule has 0 saturated heterocycles. The summed E-state index contributed by atoms with van der Waals surface area (Å²) in [6.45, 7) is 2.77. The predicted octanol–water partition coefficient (Wildman–Crippen LogP) is 4.02. The minimum absolute atomic E-state index is 0.109. The first-order valence-electron chi connectivity index (χ1n) is 5.53. The van der Waals surface area contributed by atoms with E-state index in [0.29, 0.717) is 10.7 Å². The van der Waals surface area contributed by atoms with Gasteiger partial charge in [0, 0.05) is 21.3 Å². The molecule has 0 unspecified atom stereocenters. The molecule has 0 radical (unpaired) electrons. The number of nitrogens with zero attached hydrogens (tertiary/aromatic N) is 1. The van der Waals surface area contributed by atoms with Crippen molar-refractivity contribution in [1.29, 1.82) is 0 Å². The molecule has 0 fully saturated rings. The molecule has 0 aliphatic carbocycles. The van der Waals surface area contributed by atoms with E-state index in [9.17, 15) is 4.79 Å². The standard InChI is InChI=1S/C13H12ClIN2O/c1-2-17-7-3-4-12(17)13(18)16-11-6-5-9(14)8-10(11)15/h3-8H,2H2,1H3,(H,16,18). The summed E-state index contributed by atoms with van der Waals surface area (Å²) in [5.74, 6) is -0.109. The van der Waals surface area contributed by atoms with Crippen molar-refractivity contribution in [3.8, 4) is 0 Å². The average Bonchev–Trinajstić information content (AvgIpc) is 2.81. The third-order valence-electron chi connectivity index (χ3n) is 2.58. The minimum atomic E-state index is -0.109. The quantitative estimate of drug-likeness (QED) is 0.809. The van der Waals surface area contributed by atoms with Gasteiger partial charge in [-0.2, -0.15) is 0 Å². The van der Waals surface area contributed by atoms with Crippen LogP contribution in [0.4, 0.5) is 5.69 Å². The van der Waals surface area contributed by atoms with Crippen LogP contribution < -0.4 is 5.32 Å². The Hall–Kier alpha value is -1.01. The zero-order valence-electron chi connectivity index (χ0n) is 9.78. The number of benzene rings is 1. The number of hydrogen-bond donors (Lipinski definition) is 1. The highest BCUT2D eigenvalue weighted by Crippen LogP contribution is 2.22. The zero-order chi connectivity index (χ0) is 13.1. The van der Waals surface area contributed by atoms with Crippen molar-refractivity contribution in [2.45, 2.75) is 13.5 Å². The van der Waals surface area contributed by atoms with E-state index in [-0.39, 0.29) is 5.91 Å². The maximum atomic E-state index is 12.1. The Labute approximate surface area is 124 Å². The van der Waals surface area contributed by atoms with Gasteiger partial charge in [-0.05, 0) is 59.8 Å². The predicted molar refractivity (Wildman–Crippen MR) is 82.2 cm³/mol. The smallest absolute Gasteiger partial charge is 0.272 e. The van der Waals surface area contributed by atoms with Gasteiger partial charge in [0.2, 0.25) is 0 Å². The summed E-state index contributed by atoms with van der Waals surface area (Å²) in [6.07, 6.45) is 1.89. The molecule has 2 rings (SSSR count). The molecule has 0 bridgehead atoms. The number of hydrogen-bond acceptors (Lipinski definition) is 1. The monoisotopic (exact) mass is 374 g/mol. The fraction of sp³-hybridized carbons (Fsp3) is 0.154. The number of amides is 1. The van der Waals surface area contributed by atoms with Crippen LogP contribution in [0, 0.1) is 3.57 Å². The number of rotatable bonds is 3. The van der Waals surface area contributed by atoms with Gasteiger partial charge in [0.05, 0.1) is 5.69 Å². The molecular formula is C13H12ClIN2O. The van der Waals surface area contributed by atoms with Gasteiger partial charge in [-0.15, -0.1) is 0 Å². The normalized spacial score (nSPS) is 10.4. The molecule has 94 valence electrons. The van der Waals surface area contributed by atoms with E-state index in [4.69, 9.17) is 11.6 Å². The maximum Gasteiger partial charge on any atom is 0.272 e. The molecule has 1 aromatic carbocycles. The van der Waals surface area contributed by atoms with E-state index in [0.717, 1.165) is 15.8 Å². The highest BCUT2D eigenvalue weighted by molar-refractivity contribution is 14.1. The van der Waals surface area contributed by atoms with Crippen molar-refractivity contribution in [3.63, 3.8) is 0 Å². The van der Waals surface area contributed by atoms with E-state index < -0.39 is 0 Å². The topological polar surface area (TPSA) is 34.0 Å². The second kappa shape index (κ2) is 5.75. The summed E-state index contributed by atoms with van der Waals surface area (Å²) in [4.78, 5) is 12.1. The number of anilines is 1. The van der Waals surface area contributed by atoms with Crippen LogP contribution in [0.25, 0.3) is 0 Å². The Bertz CT molecular complexity index is 580. The molecule has 0 aliphatic rings. The molecular weight excluding hydrogens is 363 g/mol. The number of halogens is 2. The molecule has 18 heavy (non-hydrogen) atoms. The number of nitrogens with one attached hydrogen (secondary N) is 1. The summed E-state index contributed by atoms with van der Waals surface area (Å²) in [5.41, 5.74) is 1.43. The Morgan fingerprint density at radius 3 is 2.89 bits per heavy atom. The number of carbonyl (C=O) groups excluding carboxylic acids is 1. The number of aromatic nitrogens is 1. The summed E-state index contributed by atoms with van der Waals surface area (Å²) in [6, 6.07) is 9.06. The lowest BCUT2D eigenvalue weighted by atomic mass is 10.3. The molecule has 0 spiro atoms. The molecule has 1 amide bonds. The average molecular weight is 375 g/mol. The van der Waals surface area contributed by atoms with Gasteiger partial charge in [0.1, 0.15) is 5.69 Å². The van der Waals surface area contributed by atoms with Crippen molar-refractivity contribution in [2.24, 2.45) is 0 Å². The Morgan fingerprint density at radius 1 is 1.44 bits per heavy atom. The molecule has 0 saturated carbocycles. The van der Waals surface area contributed by atoms with Crippen LogP contribution in [-0.4, -0.2) is 10.5 Å². The number of aryl methyl sites for hydroxylation is 1. The van der Waals surface area contributed by atoms with Crippen LogP contribution >= 0.6 is 34.2 Å². The van der Waals surface area contributed by atoms with E-state index in [1.165, 1.54) is 0 Å². The third-order valence-corrected chi connectivity index (χ3v) is 3.71. The van der Waals surface area contributed by atoms with Crippen molar-refractivity contribution >= 4 is 45.8 Å². The fourth-order valence-electron chi connectivity index (χ4n) is 1.67. The summed E-state index contributed by atoms with van der Waals surface area (Å²) >= 11 is 8.03. The van der Waals surface area contributed by atoms with Crippen molar-refractivity contribution in [2.75, 3.05) is 5.32 Å². The van der Waals surface area contributed by atoms with Gasteiger partial charge in [-0.1, -0.05) is 11.6 Å². The highest BCUT2D eigenvalue weighted by Gasteiger charge is 2.11. The van der Waals surface area contributed by atoms with E-state index >= 15 is 0 Å². The lowest BCUT2D eigenvalue weighted by Crippen LogP contribution is -2.16. The molecule has 1 aromatic heterocycles. The van der Waals surface area contributed by atoms with Gasteiger partial charge in [0.25, 0.3) is 5.91 Å². The SMILES string of the molecule is CCn1cccc1C(=O)Nc1ccc(Cl)cc1I. The molecule has 1 heterocycles. The minimum Gasteiger partial charge on any atom is -0.344 e. The summed E-state index contributed by atoms with van der Waals surface area (Å²) in [7, 11) is 0. The first-order valence-corrected chi connectivity index (χ1v) is 6.99. The van der Waals surface area contributed by atoms with Crippen LogP contribution in [0.1, 0.15) is 17.4 Å². The molecule has 3 nitrogen and oxygen atoms in total. The van der Waals surface area contributed by atoms with Crippen LogP contribution in [0.2, 0.25) is 5.02 Å². The Balaban J connectivity index is 2.21. The third kappa shape index (κ3) is 2.87. The Kier molecular flexibility index (Phi) is 4.29. The summed E-state index contributed by atoms with van der Waals surface area (Å²) < 4.78 is 2.82. The highest BCUT2D eigenvalue weighted by atomic mass is 127. The van der Waals surface area contributed by atoms with Gasteiger partial charge in [-0.3, -0.25) is 4.79 Å². The first-order chi connectivity index (χ1) is 8.61. The fourth-order valence-corrected chi connectivity index (χ4v) is 2.68. The van der Waals surface area contributed by atoms with Crippen molar-refractivity contribution in [3.05, 3.63) is 50.8 Å². The van der Waals surface area contributed by atoms with Crippen LogP contribution in [0.5, 0.6) is 0 Å². The lowest BCUT2D eigenvalue weighted by Gasteiger charge is -2.09. The van der Waals surface area contributed by atoms with Crippen LogP contribution in [-0.2, 0) is 6.54 Å². The molecule has 2 aromatic rings. The van der Waals surface area contributed by atoms with Gasteiger partial charge in [0.15, 0.2) is 0 Å². The Morgan fingerprint density at radius 2 is 2.22 bits per heavy atom. The second-order valence-electron chi connectivity index (χ2n) is 3.76. The zero-order valence-corrected chi connectivity index (χ0v) is 12.7. The van der Waals surface area contributed by atoms with Crippen LogP contribution in [0.3, 0.4) is 0 Å². The maximum absolute atomic E-state index is 12.1. The van der Waals surface area contributed by atoms with E-state index in [2.05, 4.69) is 27.9 Å². The van der Waals surface area contributed by atoms with E-state index in [1.54, 1.807) is 12.1 Å². The number of carbonyl (C=O) groups is 1. The second-order valence-corrected chi connectivity index (χ2v) is 5.36. The summed E-state index contributed by atoms with van der Waals surface area (Å²) in [5, 5.41) is 3.55. The first kappa shape index (κ1) is 13.4. The van der Waals surface area contributed by atoms with Gasteiger partial charge < -0.3 is 9.88 Å². The van der Waals surface area contributed by atoms with Gasteiger partial charge in [-0.25, -0.2) is 0 Å². The molecule has 0 atom stereocenters. The lowest BCUT2D eigenvalue weighted by molar-refractivity contribution is 0.101. The van der Waals surface area contributed by atoms with Crippen LogP contribution in [0.15, 0.2) is 36.5 Å². The molecule has 5 heteroatoms. The largest absolute Gasteiger partial charge is 0.344 e. The van der Waals surface area contributed by atoms with Crippen molar-refractivity contribution in [1.82, 2.24) is 4.57 Å². The van der Waals surface area contributed by atoms with E-state index in [1.807, 2.05) is 35.9 Å². The van der Waals surface area contributed by atoms with Crippen molar-refractivity contribution < 1.29 is 4.79 Å². The molecule has 0 aliphatic heterocycles. The molecule has 1 N–H and O–H groups in total.